The fourth-order valence-electron chi connectivity index (χ4n) is 1.74. The van der Waals surface area contributed by atoms with Crippen molar-refractivity contribution in [3.8, 4) is 0 Å². The lowest BCUT2D eigenvalue weighted by Crippen LogP contribution is -2.28. The van der Waals surface area contributed by atoms with Crippen LogP contribution in [0.2, 0.25) is 0 Å². The zero-order valence-electron chi connectivity index (χ0n) is 12.3. The molecule has 6 heteroatoms. The molecule has 0 radical (unpaired) electrons. The molecule has 0 atom stereocenters. The summed E-state index contributed by atoms with van der Waals surface area (Å²) in [6.45, 7) is 6.05. The maximum Gasteiger partial charge on any atom is 0.413 e. The van der Waals surface area contributed by atoms with Crippen LogP contribution in [0.1, 0.15) is 26.3 Å². The van der Waals surface area contributed by atoms with Crippen molar-refractivity contribution in [2.45, 2.75) is 32.9 Å². The van der Waals surface area contributed by atoms with E-state index in [1.807, 2.05) is 45.0 Å². The van der Waals surface area contributed by atoms with Gasteiger partial charge >= 0.3 is 6.09 Å². The number of nitrogens with one attached hydrogen (secondary N) is 1. The number of amides is 1. The molecule has 1 N–H and O–H groups in total. The van der Waals surface area contributed by atoms with Crippen LogP contribution in [0.3, 0.4) is 0 Å². The van der Waals surface area contributed by atoms with Gasteiger partial charge in [-0.25, -0.2) is 9.48 Å². The van der Waals surface area contributed by atoms with Crippen molar-refractivity contribution >= 4 is 27.8 Å². The molecule has 0 fully saturated rings. The van der Waals surface area contributed by atoms with Crippen molar-refractivity contribution in [3.63, 3.8) is 0 Å². The fraction of sp³-hybridized carbons (Fsp3) is 0.333. The first-order chi connectivity index (χ1) is 9.83. The van der Waals surface area contributed by atoms with Crippen LogP contribution in [-0.2, 0) is 11.3 Å². The lowest BCUT2D eigenvalue weighted by atomic mass is 10.2. The van der Waals surface area contributed by atoms with E-state index in [2.05, 4.69) is 26.3 Å². The molecule has 2 aromatic rings. The van der Waals surface area contributed by atoms with Crippen molar-refractivity contribution in [1.29, 1.82) is 0 Å². The maximum absolute atomic E-state index is 11.8. The van der Waals surface area contributed by atoms with E-state index in [0.29, 0.717) is 12.4 Å². The van der Waals surface area contributed by atoms with Gasteiger partial charge in [0.25, 0.3) is 0 Å². The normalized spacial score (nSPS) is 11.2. The lowest BCUT2D eigenvalue weighted by molar-refractivity contribution is 0.0634. The Balaban J connectivity index is 2.05. The topological polar surface area (TPSA) is 56.1 Å². The molecule has 0 aliphatic rings. The van der Waals surface area contributed by atoms with Crippen molar-refractivity contribution in [3.05, 3.63) is 46.6 Å². The van der Waals surface area contributed by atoms with Crippen molar-refractivity contribution in [1.82, 2.24) is 9.78 Å². The van der Waals surface area contributed by atoms with E-state index >= 15 is 0 Å². The Labute approximate surface area is 132 Å². The summed E-state index contributed by atoms with van der Waals surface area (Å²) in [6.07, 6.45) is 1.16. The van der Waals surface area contributed by atoms with Gasteiger partial charge in [0.05, 0.1) is 12.7 Å². The summed E-state index contributed by atoms with van der Waals surface area (Å²) in [5, 5.41) is 6.93. The smallest absolute Gasteiger partial charge is 0.413 e. The number of halogens is 1. The van der Waals surface area contributed by atoms with Crippen LogP contribution in [0.4, 0.5) is 10.6 Å². The van der Waals surface area contributed by atoms with E-state index < -0.39 is 11.7 Å². The van der Waals surface area contributed by atoms with Crippen LogP contribution in [0.25, 0.3) is 0 Å². The zero-order chi connectivity index (χ0) is 15.5. The molecule has 1 amide bonds. The Morgan fingerprint density at radius 3 is 2.57 bits per heavy atom. The van der Waals surface area contributed by atoms with E-state index in [-0.39, 0.29) is 0 Å². The second kappa shape index (κ2) is 6.30. The Hall–Kier alpha value is -1.82. The molecule has 5 nitrogen and oxygen atoms in total. The first-order valence-electron chi connectivity index (χ1n) is 6.60. The number of carbonyl (C=O) groups is 1. The number of hydrogen-bond donors (Lipinski definition) is 1. The molecule has 1 aromatic heterocycles. The minimum Gasteiger partial charge on any atom is -0.444 e. The van der Waals surface area contributed by atoms with Gasteiger partial charge in [0.2, 0.25) is 0 Å². The quantitative estimate of drug-likeness (QED) is 0.907. The third-order valence-electron chi connectivity index (χ3n) is 2.59. The summed E-state index contributed by atoms with van der Waals surface area (Å²) < 4.78 is 7.98. The van der Waals surface area contributed by atoms with E-state index in [0.717, 1.165) is 10.0 Å². The molecule has 0 unspecified atom stereocenters. The molecule has 0 saturated heterocycles. The van der Waals surface area contributed by atoms with Crippen LogP contribution >= 0.6 is 15.9 Å². The number of benzene rings is 1. The van der Waals surface area contributed by atoms with Crippen molar-refractivity contribution in [2.75, 3.05) is 5.32 Å². The van der Waals surface area contributed by atoms with E-state index in [4.69, 9.17) is 4.74 Å². The van der Waals surface area contributed by atoms with Gasteiger partial charge in [-0.2, -0.15) is 5.10 Å². The Morgan fingerprint density at radius 2 is 1.95 bits per heavy atom. The number of carbonyl (C=O) groups excluding carboxylic acids is 1. The van der Waals surface area contributed by atoms with Gasteiger partial charge in [-0.1, -0.05) is 28.1 Å². The van der Waals surface area contributed by atoms with Crippen LogP contribution in [0.5, 0.6) is 0 Å². The first kappa shape index (κ1) is 15.6. The van der Waals surface area contributed by atoms with Gasteiger partial charge in [-0.3, -0.25) is 5.32 Å². The van der Waals surface area contributed by atoms with Crippen LogP contribution in [0, 0.1) is 0 Å². The van der Waals surface area contributed by atoms with E-state index in [1.54, 1.807) is 16.9 Å². The van der Waals surface area contributed by atoms with Gasteiger partial charge in [0.1, 0.15) is 11.4 Å². The molecule has 0 aliphatic carbocycles. The summed E-state index contributed by atoms with van der Waals surface area (Å²) in [5.74, 6) is 0.604. The fourth-order valence-corrected chi connectivity index (χ4v) is 2.00. The molecule has 112 valence electrons. The number of anilines is 1. The lowest BCUT2D eigenvalue weighted by Gasteiger charge is -2.19. The van der Waals surface area contributed by atoms with Gasteiger partial charge in [0, 0.05) is 10.5 Å². The Kier molecular flexibility index (Phi) is 4.67. The second-order valence-corrected chi connectivity index (χ2v) is 6.54. The van der Waals surface area contributed by atoms with Crippen molar-refractivity contribution < 1.29 is 9.53 Å². The number of rotatable bonds is 3. The van der Waals surface area contributed by atoms with Crippen molar-refractivity contribution in [2.24, 2.45) is 0 Å². The first-order valence-corrected chi connectivity index (χ1v) is 7.39. The van der Waals surface area contributed by atoms with Crippen LogP contribution in [-0.4, -0.2) is 21.5 Å². The summed E-state index contributed by atoms with van der Waals surface area (Å²) in [5.41, 5.74) is 0.565. The van der Waals surface area contributed by atoms with E-state index in [9.17, 15) is 4.79 Å². The molecular weight excluding hydrogens is 334 g/mol. The zero-order valence-corrected chi connectivity index (χ0v) is 13.8. The van der Waals surface area contributed by atoms with Gasteiger partial charge in [0.15, 0.2) is 0 Å². The van der Waals surface area contributed by atoms with Crippen LogP contribution in [0.15, 0.2) is 41.0 Å². The third kappa shape index (κ3) is 4.90. The van der Waals surface area contributed by atoms with E-state index in [1.165, 1.54) is 0 Å². The standard InChI is InChI=1S/C15H18BrN3O2/c1-15(2,3)21-14(20)18-13-8-9-17-19(13)10-11-4-6-12(16)7-5-11/h4-9H,10H2,1-3H3,(H,18,20). The molecule has 0 bridgehead atoms. The molecule has 1 aromatic carbocycles. The molecule has 0 saturated carbocycles. The largest absolute Gasteiger partial charge is 0.444 e. The predicted molar refractivity (Wildman–Crippen MR) is 85.3 cm³/mol. The number of nitrogens with zero attached hydrogens (tertiary/aromatic N) is 2. The molecule has 21 heavy (non-hydrogen) atoms. The molecule has 0 aliphatic heterocycles. The second-order valence-electron chi connectivity index (χ2n) is 5.63. The molecule has 0 spiro atoms. The molecular formula is C15H18BrN3O2. The maximum atomic E-state index is 11.8. The summed E-state index contributed by atoms with van der Waals surface area (Å²) in [7, 11) is 0. The number of ether oxygens (including phenoxy) is 1. The number of hydrogen-bond acceptors (Lipinski definition) is 3. The van der Waals surface area contributed by atoms with Gasteiger partial charge in [-0.05, 0) is 38.5 Å². The molecule has 1 heterocycles. The van der Waals surface area contributed by atoms with Gasteiger partial charge in [-0.15, -0.1) is 0 Å². The average molecular weight is 352 g/mol. The SMILES string of the molecule is CC(C)(C)OC(=O)Nc1ccnn1Cc1ccc(Br)cc1. The highest BCUT2D eigenvalue weighted by Gasteiger charge is 2.17. The Bertz CT molecular complexity index is 615. The third-order valence-corrected chi connectivity index (χ3v) is 3.12. The molecule has 2 rings (SSSR count). The number of aromatic nitrogens is 2. The summed E-state index contributed by atoms with van der Waals surface area (Å²) in [4.78, 5) is 11.8. The predicted octanol–water partition coefficient (Wildman–Crippen LogP) is 4.04. The Morgan fingerprint density at radius 1 is 1.29 bits per heavy atom. The highest BCUT2D eigenvalue weighted by Crippen LogP contribution is 2.15. The highest BCUT2D eigenvalue weighted by molar-refractivity contribution is 9.10. The minimum atomic E-state index is -0.527. The van der Waals surface area contributed by atoms with Gasteiger partial charge < -0.3 is 4.74 Å². The summed E-state index contributed by atoms with van der Waals surface area (Å²) in [6, 6.07) is 9.69. The minimum absolute atomic E-state index is 0.486. The average Bonchev–Trinajstić information content (AvgIpc) is 2.77. The monoisotopic (exact) mass is 351 g/mol. The highest BCUT2D eigenvalue weighted by atomic mass is 79.9. The van der Waals surface area contributed by atoms with Crippen LogP contribution < -0.4 is 5.32 Å². The summed E-state index contributed by atoms with van der Waals surface area (Å²) >= 11 is 3.40.